The number of carbonyl (C=O) groups excluding carboxylic acids is 3. The highest BCUT2D eigenvalue weighted by molar-refractivity contribution is 6.00. The summed E-state index contributed by atoms with van der Waals surface area (Å²) >= 11 is 0. The molecule has 3 aliphatic heterocycles. The number of rotatable bonds is 3. The first kappa shape index (κ1) is 27.0. The summed E-state index contributed by atoms with van der Waals surface area (Å²) in [5.74, 6) is 0.167. The molecule has 3 aliphatic rings. The minimum atomic E-state index is -0.709. The van der Waals surface area contributed by atoms with E-state index < -0.39 is 17.6 Å². The topological polar surface area (TPSA) is 119 Å². The SMILES string of the molecule is Cn1c(=O)n(C2CCC(=O)NC2=O)c2ccc(-c3ccc(N4CCC5(CC4)CN(C(=O)OC(C)(C)C)C5)nc3)cc21. The Morgan fingerprint density at radius 1 is 1.02 bits per heavy atom. The average molecular weight is 561 g/mol. The molecule has 11 heteroatoms. The number of imidazole rings is 1. The number of ether oxygens (including phenoxy) is 1. The Labute approximate surface area is 238 Å². The number of nitrogens with zero attached hydrogens (tertiary/aromatic N) is 5. The van der Waals surface area contributed by atoms with Gasteiger partial charge in [-0.3, -0.25) is 24.0 Å². The number of hydrogen-bond donors (Lipinski definition) is 1. The van der Waals surface area contributed by atoms with Crippen molar-refractivity contribution < 1.29 is 19.1 Å². The van der Waals surface area contributed by atoms with Gasteiger partial charge in [0.25, 0.3) is 0 Å². The van der Waals surface area contributed by atoms with Crippen molar-refractivity contribution in [3.05, 3.63) is 47.0 Å². The fraction of sp³-hybridized carbons (Fsp3) is 0.500. The molecule has 5 heterocycles. The third-order valence-corrected chi connectivity index (χ3v) is 8.54. The third-order valence-electron chi connectivity index (χ3n) is 8.54. The molecule has 2 aromatic heterocycles. The van der Waals surface area contributed by atoms with Crippen LogP contribution in [0.3, 0.4) is 0 Å². The lowest BCUT2D eigenvalue weighted by molar-refractivity contribution is -0.135. The van der Waals surface area contributed by atoms with Crippen molar-refractivity contribution in [1.82, 2.24) is 24.3 Å². The monoisotopic (exact) mass is 560 g/mol. The lowest BCUT2D eigenvalue weighted by atomic mass is 9.72. The number of imide groups is 1. The molecule has 6 rings (SSSR count). The Balaban J connectivity index is 1.13. The quantitative estimate of drug-likeness (QED) is 0.489. The van der Waals surface area contributed by atoms with Crippen LogP contribution in [-0.2, 0) is 21.4 Å². The molecular formula is C30H36N6O5. The zero-order valence-corrected chi connectivity index (χ0v) is 24.0. The van der Waals surface area contributed by atoms with Gasteiger partial charge in [-0.2, -0.15) is 0 Å². The summed E-state index contributed by atoms with van der Waals surface area (Å²) in [4.78, 5) is 58.3. The standard InChI is InChI=1S/C30H36N6O5/c1-29(2,3)41-28(40)35-17-30(18-35)11-13-34(14-12-30)24-9-6-20(16-31-24)19-5-7-21-23(15-19)33(4)27(39)36(21)22-8-10-25(37)32-26(22)38/h5-7,9,15-16,22H,8,10-14,17-18H2,1-4H3,(H,32,37,38). The van der Waals surface area contributed by atoms with E-state index in [-0.39, 0.29) is 29.5 Å². The second-order valence-electron chi connectivity index (χ2n) is 12.6. The first-order valence-electron chi connectivity index (χ1n) is 14.2. The van der Waals surface area contributed by atoms with E-state index in [2.05, 4.69) is 10.2 Å². The summed E-state index contributed by atoms with van der Waals surface area (Å²) in [5, 5.41) is 2.34. The molecule has 3 amide bonds. The van der Waals surface area contributed by atoms with E-state index in [0.29, 0.717) is 17.5 Å². The van der Waals surface area contributed by atoms with Crippen LogP contribution >= 0.6 is 0 Å². The van der Waals surface area contributed by atoms with E-state index in [4.69, 9.17) is 9.72 Å². The number of benzene rings is 1. The van der Waals surface area contributed by atoms with Gasteiger partial charge in [0.15, 0.2) is 0 Å². The van der Waals surface area contributed by atoms with E-state index in [9.17, 15) is 19.2 Å². The van der Waals surface area contributed by atoms with Gasteiger partial charge in [-0.05, 0) is 69.9 Å². The number of likely N-dealkylation sites (tertiary alicyclic amines) is 1. The molecule has 3 saturated heterocycles. The van der Waals surface area contributed by atoms with Gasteiger partial charge < -0.3 is 14.5 Å². The van der Waals surface area contributed by atoms with Crippen LogP contribution in [0.2, 0.25) is 0 Å². The van der Waals surface area contributed by atoms with Gasteiger partial charge in [-0.25, -0.2) is 14.6 Å². The minimum Gasteiger partial charge on any atom is -0.444 e. The molecule has 0 bridgehead atoms. The second-order valence-corrected chi connectivity index (χ2v) is 12.6. The molecule has 1 unspecified atom stereocenters. The van der Waals surface area contributed by atoms with Crippen LogP contribution < -0.4 is 15.9 Å². The lowest BCUT2D eigenvalue weighted by Gasteiger charge is -2.53. The predicted octanol–water partition coefficient (Wildman–Crippen LogP) is 3.22. The normalized spacial score (nSPS) is 20.7. The summed E-state index contributed by atoms with van der Waals surface area (Å²) in [7, 11) is 1.69. The molecule has 3 aromatic rings. The Morgan fingerprint density at radius 3 is 2.37 bits per heavy atom. The maximum atomic E-state index is 13.1. The van der Waals surface area contributed by atoms with Crippen LogP contribution in [0, 0.1) is 5.41 Å². The molecule has 41 heavy (non-hydrogen) atoms. The highest BCUT2D eigenvalue weighted by Crippen LogP contribution is 2.42. The summed E-state index contributed by atoms with van der Waals surface area (Å²) in [6, 6.07) is 9.08. The van der Waals surface area contributed by atoms with Crippen molar-refractivity contribution in [3.63, 3.8) is 0 Å². The number of aryl methyl sites for hydroxylation is 1. The summed E-state index contributed by atoms with van der Waals surface area (Å²) < 4.78 is 8.53. The number of fused-ring (bicyclic) bond motifs is 1. The summed E-state index contributed by atoms with van der Waals surface area (Å²) in [5.41, 5.74) is 2.61. The van der Waals surface area contributed by atoms with Gasteiger partial charge in [0.05, 0.1) is 11.0 Å². The number of aromatic nitrogens is 3. The molecule has 1 aromatic carbocycles. The number of amides is 3. The third kappa shape index (κ3) is 4.98. The van der Waals surface area contributed by atoms with Crippen molar-refractivity contribution in [2.45, 2.75) is 58.1 Å². The molecular weight excluding hydrogens is 524 g/mol. The van der Waals surface area contributed by atoms with Crippen molar-refractivity contribution in [3.8, 4) is 11.1 Å². The fourth-order valence-corrected chi connectivity index (χ4v) is 6.26. The molecule has 1 N–H and O–H groups in total. The summed E-state index contributed by atoms with van der Waals surface area (Å²) in [6.07, 6.45) is 4.14. The Hall–Kier alpha value is -4.15. The smallest absolute Gasteiger partial charge is 0.410 e. The molecule has 1 spiro atoms. The highest BCUT2D eigenvalue weighted by atomic mass is 16.6. The van der Waals surface area contributed by atoms with Gasteiger partial charge in [0.1, 0.15) is 17.5 Å². The van der Waals surface area contributed by atoms with Crippen molar-refractivity contribution >= 4 is 34.8 Å². The zero-order valence-electron chi connectivity index (χ0n) is 24.0. The zero-order chi connectivity index (χ0) is 29.1. The number of hydrogen-bond acceptors (Lipinski definition) is 7. The van der Waals surface area contributed by atoms with Gasteiger partial charge in [-0.15, -0.1) is 0 Å². The van der Waals surface area contributed by atoms with Gasteiger partial charge in [-0.1, -0.05) is 6.07 Å². The van der Waals surface area contributed by atoms with Gasteiger partial charge in [0.2, 0.25) is 11.8 Å². The van der Waals surface area contributed by atoms with Crippen LogP contribution in [0.25, 0.3) is 22.2 Å². The van der Waals surface area contributed by atoms with E-state index in [0.717, 1.165) is 56.0 Å². The van der Waals surface area contributed by atoms with Crippen LogP contribution in [0.1, 0.15) is 52.5 Å². The van der Waals surface area contributed by atoms with Crippen molar-refractivity contribution in [1.29, 1.82) is 0 Å². The van der Waals surface area contributed by atoms with Crippen LogP contribution in [0.15, 0.2) is 41.3 Å². The Kier molecular flexibility index (Phi) is 6.43. The van der Waals surface area contributed by atoms with Crippen molar-refractivity contribution in [2.24, 2.45) is 12.5 Å². The summed E-state index contributed by atoms with van der Waals surface area (Å²) in [6.45, 7) is 8.93. The van der Waals surface area contributed by atoms with E-state index >= 15 is 0 Å². The average Bonchev–Trinajstić information content (AvgIpc) is 3.15. The molecule has 1 atom stereocenters. The molecule has 11 nitrogen and oxygen atoms in total. The molecule has 0 radical (unpaired) electrons. The Morgan fingerprint density at radius 2 is 1.73 bits per heavy atom. The van der Waals surface area contributed by atoms with Crippen LogP contribution in [-0.4, -0.2) is 68.7 Å². The molecule has 0 saturated carbocycles. The van der Waals surface area contributed by atoms with E-state index in [1.165, 1.54) is 9.13 Å². The van der Waals surface area contributed by atoms with Crippen molar-refractivity contribution in [2.75, 3.05) is 31.1 Å². The number of nitrogens with one attached hydrogen (secondary N) is 1. The largest absolute Gasteiger partial charge is 0.444 e. The first-order valence-corrected chi connectivity index (χ1v) is 14.2. The second kappa shape index (κ2) is 9.74. The number of anilines is 1. The lowest BCUT2D eigenvalue weighted by Crippen LogP contribution is -2.62. The predicted molar refractivity (Wildman–Crippen MR) is 154 cm³/mol. The number of pyridine rings is 1. The number of carbonyl (C=O) groups is 3. The first-order chi connectivity index (χ1) is 19.4. The maximum Gasteiger partial charge on any atom is 0.410 e. The van der Waals surface area contributed by atoms with Crippen LogP contribution in [0.5, 0.6) is 0 Å². The number of piperidine rings is 2. The minimum absolute atomic E-state index is 0.170. The molecule has 216 valence electrons. The fourth-order valence-electron chi connectivity index (χ4n) is 6.26. The van der Waals surface area contributed by atoms with Gasteiger partial charge >= 0.3 is 11.8 Å². The van der Waals surface area contributed by atoms with E-state index in [1.54, 1.807) is 11.9 Å². The van der Waals surface area contributed by atoms with E-state index in [1.807, 2.05) is 57.3 Å². The molecule has 3 fully saturated rings. The Bertz CT molecular complexity index is 1580. The highest BCUT2D eigenvalue weighted by Gasteiger charge is 2.48. The molecule has 0 aliphatic carbocycles. The maximum absolute atomic E-state index is 13.1. The van der Waals surface area contributed by atoms with Gasteiger partial charge in [0, 0.05) is 56.8 Å². The van der Waals surface area contributed by atoms with Crippen LogP contribution in [0.4, 0.5) is 10.6 Å².